The van der Waals surface area contributed by atoms with Crippen molar-refractivity contribution in [2.45, 2.75) is 40.5 Å². The summed E-state index contributed by atoms with van der Waals surface area (Å²) in [5, 5.41) is 2.39. The maximum Gasteiger partial charge on any atom is 0.213 e. The number of furan rings is 1. The van der Waals surface area contributed by atoms with Crippen LogP contribution in [0.15, 0.2) is 71.3 Å². The van der Waals surface area contributed by atoms with E-state index in [1.165, 1.54) is 55.4 Å². The average molecular weight is 433 g/mol. The molecule has 0 atom stereocenters. The third kappa shape index (κ3) is 3.12. The minimum absolute atomic E-state index is 0.346. The molecule has 0 fully saturated rings. The molecule has 5 aromatic rings. The van der Waals surface area contributed by atoms with Crippen molar-refractivity contribution in [3.63, 3.8) is 0 Å². The largest absolute Gasteiger partial charge is 0.455 e. The van der Waals surface area contributed by atoms with Crippen LogP contribution in [0.4, 0.5) is 0 Å². The Morgan fingerprint density at radius 2 is 1.58 bits per heavy atom. The lowest BCUT2D eigenvalue weighted by Crippen LogP contribution is -2.30. The minimum Gasteiger partial charge on any atom is -0.455 e. The molecule has 0 spiro atoms. The average Bonchev–Trinajstić information content (AvgIpc) is 3.29. The fourth-order valence-corrected chi connectivity index (χ4v) is 5.82. The van der Waals surface area contributed by atoms with E-state index >= 15 is 0 Å². The summed E-state index contributed by atoms with van der Waals surface area (Å²) in [6.45, 7) is 9.12. The molecule has 1 aliphatic rings. The Morgan fingerprint density at radius 3 is 2.39 bits per heavy atom. The molecule has 0 unspecified atom stereocenters. The van der Waals surface area contributed by atoms with Crippen LogP contribution in [0, 0.1) is 19.3 Å². The molecule has 0 N–H and O–H groups in total. The summed E-state index contributed by atoms with van der Waals surface area (Å²) in [4.78, 5) is 0. The molecule has 0 amide bonds. The van der Waals surface area contributed by atoms with Gasteiger partial charge in [0.05, 0.1) is 5.56 Å². The summed E-state index contributed by atoms with van der Waals surface area (Å²) in [6, 6.07) is 22.2. The maximum absolute atomic E-state index is 6.63. The second kappa shape index (κ2) is 7.05. The van der Waals surface area contributed by atoms with E-state index in [1.54, 1.807) is 0 Å². The molecule has 2 heteroatoms. The van der Waals surface area contributed by atoms with Crippen LogP contribution in [0.25, 0.3) is 44.3 Å². The SMILES string of the molecule is Cc1ccc2c(oc3ccc(C)c(-c4cccc[n+]4C)c32)c1-c1ccc2c(c1)CC(C)(C)C2. The van der Waals surface area contributed by atoms with Gasteiger partial charge in [-0.25, -0.2) is 4.57 Å². The Morgan fingerprint density at radius 1 is 0.818 bits per heavy atom. The molecular formula is C31H30NO+. The summed E-state index contributed by atoms with van der Waals surface area (Å²) in [7, 11) is 2.11. The van der Waals surface area contributed by atoms with Crippen LogP contribution < -0.4 is 4.57 Å². The number of aryl methyl sites for hydroxylation is 3. The zero-order valence-electron chi connectivity index (χ0n) is 20.1. The van der Waals surface area contributed by atoms with Gasteiger partial charge in [0.25, 0.3) is 0 Å². The van der Waals surface area contributed by atoms with E-state index < -0.39 is 0 Å². The molecule has 0 radical (unpaired) electrons. The summed E-state index contributed by atoms with van der Waals surface area (Å²) in [6.07, 6.45) is 4.41. The molecule has 0 aliphatic heterocycles. The van der Waals surface area contributed by atoms with Crippen molar-refractivity contribution >= 4 is 21.9 Å². The van der Waals surface area contributed by atoms with E-state index in [0.29, 0.717) is 5.41 Å². The third-order valence-corrected chi connectivity index (χ3v) is 7.37. The predicted molar refractivity (Wildman–Crippen MR) is 136 cm³/mol. The zero-order valence-corrected chi connectivity index (χ0v) is 20.1. The Balaban J connectivity index is 1.65. The predicted octanol–water partition coefficient (Wildman–Crippen LogP) is 7.49. The molecule has 3 aromatic carbocycles. The highest BCUT2D eigenvalue weighted by Crippen LogP contribution is 2.44. The standard InChI is InChI=1S/C31H30NO/c1-19-9-13-24-29-26(14-10-20(2)28(29)25-8-6-7-15-32(25)5)33-30(24)27(19)21-11-12-22-17-31(3,4)18-23(22)16-21/h6-16H,17-18H2,1-5H3/q+1. The number of aromatic nitrogens is 1. The van der Waals surface area contributed by atoms with Crippen molar-refractivity contribution in [3.05, 3.63) is 89.1 Å². The second-order valence-corrected chi connectivity index (χ2v) is 10.6. The lowest BCUT2D eigenvalue weighted by molar-refractivity contribution is -0.660. The fourth-order valence-electron chi connectivity index (χ4n) is 5.82. The van der Waals surface area contributed by atoms with Crippen molar-refractivity contribution < 1.29 is 8.98 Å². The van der Waals surface area contributed by atoms with Crippen molar-refractivity contribution in [3.8, 4) is 22.4 Å². The number of rotatable bonds is 2. The molecule has 6 rings (SSSR count). The first-order valence-electron chi connectivity index (χ1n) is 11.8. The van der Waals surface area contributed by atoms with Gasteiger partial charge in [-0.2, -0.15) is 0 Å². The van der Waals surface area contributed by atoms with Gasteiger partial charge in [0, 0.05) is 28.5 Å². The Hall–Kier alpha value is -3.39. The fraction of sp³-hybridized carbons (Fsp3) is 0.258. The van der Waals surface area contributed by atoms with Crippen molar-refractivity contribution in [1.82, 2.24) is 0 Å². The Kier molecular flexibility index (Phi) is 4.32. The topological polar surface area (TPSA) is 17.0 Å². The van der Waals surface area contributed by atoms with Gasteiger partial charge in [-0.3, -0.25) is 0 Å². The first-order valence-corrected chi connectivity index (χ1v) is 11.8. The van der Waals surface area contributed by atoms with Crippen LogP contribution in [-0.2, 0) is 19.9 Å². The van der Waals surface area contributed by atoms with Crippen LogP contribution in [0.2, 0.25) is 0 Å². The highest BCUT2D eigenvalue weighted by molar-refractivity contribution is 6.16. The number of benzene rings is 3. The molecule has 0 saturated carbocycles. The third-order valence-electron chi connectivity index (χ3n) is 7.37. The molecule has 0 saturated heterocycles. The Bertz CT molecular complexity index is 1570. The van der Waals surface area contributed by atoms with Gasteiger partial charge in [-0.1, -0.05) is 50.2 Å². The first-order chi connectivity index (χ1) is 15.8. The van der Waals surface area contributed by atoms with Gasteiger partial charge in [0.2, 0.25) is 5.69 Å². The van der Waals surface area contributed by atoms with Crippen LogP contribution in [0.1, 0.15) is 36.1 Å². The minimum atomic E-state index is 0.346. The monoisotopic (exact) mass is 432 g/mol. The lowest BCUT2D eigenvalue weighted by Gasteiger charge is -2.14. The van der Waals surface area contributed by atoms with E-state index in [0.717, 1.165) is 24.0 Å². The van der Waals surface area contributed by atoms with Gasteiger partial charge >= 0.3 is 0 Å². The van der Waals surface area contributed by atoms with Crippen LogP contribution >= 0.6 is 0 Å². The highest BCUT2D eigenvalue weighted by atomic mass is 16.3. The molecule has 0 bridgehead atoms. The number of hydrogen-bond donors (Lipinski definition) is 0. The molecular weight excluding hydrogens is 402 g/mol. The van der Waals surface area contributed by atoms with Gasteiger partial charge in [0.15, 0.2) is 6.20 Å². The van der Waals surface area contributed by atoms with E-state index in [-0.39, 0.29) is 0 Å². The number of nitrogens with zero attached hydrogens (tertiary/aromatic N) is 1. The maximum atomic E-state index is 6.63. The van der Waals surface area contributed by atoms with E-state index in [9.17, 15) is 0 Å². The molecule has 33 heavy (non-hydrogen) atoms. The van der Waals surface area contributed by atoms with Crippen LogP contribution in [0.5, 0.6) is 0 Å². The van der Waals surface area contributed by atoms with Crippen molar-refractivity contribution in [2.75, 3.05) is 0 Å². The van der Waals surface area contributed by atoms with Crippen molar-refractivity contribution in [1.29, 1.82) is 0 Å². The number of hydrogen-bond acceptors (Lipinski definition) is 1. The van der Waals surface area contributed by atoms with E-state index in [2.05, 4.69) is 106 Å². The van der Waals surface area contributed by atoms with E-state index in [4.69, 9.17) is 4.42 Å². The number of fused-ring (bicyclic) bond motifs is 4. The van der Waals surface area contributed by atoms with E-state index in [1.807, 2.05) is 0 Å². The molecule has 2 nitrogen and oxygen atoms in total. The van der Waals surface area contributed by atoms with Crippen molar-refractivity contribution in [2.24, 2.45) is 12.5 Å². The van der Waals surface area contributed by atoms with Gasteiger partial charge in [0.1, 0.15) is 18.2 Å². The summed E-state index contributed by atoms with van der Waals surface area (Å²) in [5.74, 6) is 0. The molecule has 164 valence electrons. The molecule has 1 aliphatic carbocycles. The lowest BCUT2D eigenvalue weighted by atomic mass is 9.90. The van der Waals surface area contributed by atoms with Crippen LogP contribution in [0.3, 0.4) is 0 Å². The van der Waals surface area contributed by atoms with Gasteiger partial charge in [-0.15, -0.1) is 0 Å². The quantitative estimate of drug-likeness (QED) is 0.264. The van der Waals surface area contributed by atoms with Gasteiger partial charge in [-0.05, 0) is 72.1 Å². The zero-order chi connectivity index (χ0) is 22.9. The molecule has 2 aromatic heterocycles. The smallest absolute Gasteiger partial charge is 0.213 e. The summed E-state index contributed by atoms with van der Waals surface area (Å²) >= 11 is 0. The Labute approximate surface area is 195 Å². The molecule has 2 heterocycles. The second-order valence-electron chi connectivity index (χ2n) is 10.6. The summed E-state index contributed by atoms with van der Waals surface area (Å²) in [5.41, 5.74) is 12.7. The highest BCUT2D eigenvalue weighted by Gasteiger charge is 2.29. The van der Waals surface area contributed by atoms with Crippen LogP contribution in [-0.4, -0.2) is 0 Å². The normalized spacial score (nSPS) is 14.8. The number of pyridine rings is 1. The summed E-state index contributed by atoms with van der Waals surface area (Å²) < 4.78 is 8.82. The van der Waals surface area contributed by atoms with Gasteiger partial charge < -0.3 is 4.42 Å². The first kappa shape index (κ1) is 20.2.